The Bertz CT molecular complexity index is 1280. The Morgan fingerprint density at radius 2 is 1.93 bits per heavy atom. The highest BCUT2D eigenvalue weighted by Gasteiger charge is 2.18. The molecule has 4 aromatic heterocycles. The summed E-state index contributed by atoms with van der Waals surface area (Å²) < 4.78 is 5.34. The van der Waals surface area contributed by atoms with Crippen LogP contribution in [0.2, 0.25) is 0 Å². The van der Waals surface area contributed by atoms with E-state index in [1.165, 1.54) is 0 Å². The lowest BCUT2D eigenvalue weighted by molar-refractivity contribution is 0.213. The zero-order chi connectivity index (χ0) is 18.5. The van der Waals surface area contributed by atoms with Gasteiger partial charge < -0.3 is 9.67 Å². The van der Waals surface area contributed by atoms with Crippen molar-refractivity contribution in [1.29, 1.82) is 0 Å². The molecule has 0 aliphatic rings. The number of aliphatic hydroxyl groups is 1. The van der Waals surface area contributed by atoms with E-state index in [0.29, 0.717) is 11.3 Å². The highest BCUT2D eigenvalue weighted by atomic mass is 16.3. The second kappa shape index (κ2) is 5.75. The fourth-order valence-electron chi connectivity index (χ4n) is 3.27. The van der Waals surface area contributed by atoms with Gasteiger partial charge in [0.25, 0.3) is 0 Å². The van der Waals surface area contributed by atoms with Crippen molar-refractivity contribution in [1.82, 2.24) is 33.9 Å². The van der Waals surface area contributed by atoms with Crippen LogP contribution in [0.25, 0.3) is 27.9 Å². The molecule has 1 atom stereocenters. The third-order valence-electron chi connectivity index (χ3n) is 4.73. The highest BCUT2D eigenvalue weighted by molar-refractivity contribution is 5.76. The maximum Gasteiger partial charge on any atom is 0.153 e. The summed E-state index contributed by atoms with van der Waals surface area (Å²) in [6, 6.07) is 9.51. The zero-order valence-corrected chi connectivity index (χ0v) is 14.9. The molecule has 0 fully saturated rings. The average molecular weight is 359 g/mol. The Labute approximate surface area is 154 Å². The van der Waals surface area contributed by atoms with Gasteiger partial charge in [0, 0.05) is 25.9 Å². The first-order chi connectivity index (χ1) is 13.1. The monoisotopic (exact) mass is 359 g/mol. The van der Waals surface area contributed by atoms with Gasteiger partial charge in [-0.15, -0.1) is 0 Å². The third-order valence-corrected chi connectivity index (χ3v) is 4.73. The van der Waals surface area contributed by atoms with Gasteiger partial charge in [-0.25, -0.2) is 14.5 Å². The molecule has 8 nitrogen and oxygen atoms in total. The van der Waals surface area contributed by atoms with Gasteiger partial charge in [0.2, 0.25) is 0 Å². The summed E-state index contributed by atoms with van der Waals surface area (Å²) >= 11 is 0. The number of aromatic nitrogens is 7. The number of aliphatic hydroxyl groups excluding tert-OH is 1. The van der Waals surface area contributed by atoms with Crippen molar-refractivity contribution < 1.29 is 5.11 Å². The lowest BCUT2D eigenvalue weighted by Gasteiger charge is -2.11. The molecular weight excluding hydrogens is 342 g/mol. The molecule has 0 bridgehead atoms. The van der Waals surface area contributed by atoms with E-state index in [1.807, 2.05) is 55.2 Å². The van der Waals surface area contributed by atoms with Crippen LogP contribution >= 0.6 is 0 Å². The minimum Gasteiger partial charge on any atom is -0.382 e. The fourth-order valence-corrected chi connectivity index (χ4v) is 3.27. The quantitative estimate of drug-likeness (QED) is 0.533. The molecule has 0 saturated heterocycles. The Balaban J connectivity index is 1.61. The number of aryl methyl sites for hydroxylation is 2. The van der Waals surface area contributed by atoms with Gasteiger partial charge in [-0.2, -0.15) is 10.2 Å². The third kappa shape index (κ3) is 2.49. The SMILES string of the molecule is Cn1cc(-c2ccc3ncc(C(O)c4ccc5ncn(C)c5c4)n3n2)cn1. The number of rotatable bonds is 3. The lowest BCUT2D eigenvalue weighted by Crippen LogP contribution is -2.06. The largest absolute Gasteiger partial charge is 0.382 e. The summed E-state index contributed by atoms with van der Waals surface area (Å²) in [6.07, 6.45) is 6.23. The van der Waals surface area contributed by atoms with E-state index in [0.717, 1.165) is 27.9 Å². The predicted octanol–water partition coefficient (Wildman–Crippen LogP) is 2.10. The predicted molar refractivity (Wildman–Crippen MR) is 100.0 cm³/mol. The second-order valence-corrected chi connectivity index (χ2v) is 6.58. The number of hydrogen-bond acceptors (Lipinski definition) is 5. The van der Waals surface area contributed by atoms with E-state index in [1.54, 1.807) is 27.9 Å². The second-order valence-electron chi connectivity index (χ2n) is 6.58. The molecule has 27 heavy (non-hydrogen) atoms. The summed E-state index contributed by atoms with van der Waals surface area (Å²) in [7, 11) is 3.80. The van der Waals surface area contributed by atoms with Crippen LogP contribution in [-0.2, 0) is 14.1 Å². The van der Waals surface area contributed by atoms with Crippen molar-refractivity contribution >= 4 is 16.7 Å². The minimum atomic E-state index is -0.851. The van der Waals surface area contributed by atoms with E-state index in [4.69, 9.17) is 0 Å². The standard InChI is InChI=1S/C19H17N7O/c1-24-11-21-15-4-3-12(7-16(15)24)19(27)17-9-20-18-6-5-14(23-26(17)18)13-8-22-25(2)10-13/h3-11,19,27H,1-2H3. The first-order valence-electron chi connectivity index (χ1n) is 8.53. The Morgan fingerprint density at radius 1 is 1.04 bits per heavy atom. The number of fused-ring (bicyclic) bond motifs is 2. The van der Waals surface area contributed by atoms with Crippen molar-refractivity contribution in [2.75, 3.05) is 0 Å². The normalized spacial score (nSPS) is 12.9. The highest BCUT2D eigenvalue weighted by Crippen LogP contribution is 2.26. The van der Waals surface area contributed by atoms with Crippen molar-refractivity contribution in [3.05, 3.63) is 66.5 Å². The molecule has 5 aromatic rings. The maximum absolute atomic E-state index is 11.0. The van der Waals surface area contributed by atoms with Crippen LogP contribution in [-0.4, -0.2) is 39.0 Å². The van der Waals surface area contributed by atoms with Crippen LogP contribution in [0, 0.1) is 0 Å². The molecule has 4 heterocycles. The smallest absolute Gasteiger partial charge is 0.153 e. The minimum absolute atomic E-state index is 0.609. The number of imidazole rings is 2. The molecule has 134 valence electrons. The zero-order valence-electron chi connectivity index (χ0n) is 14.9. The number of hydrogen-bond donors (Lipinski definition) is 1. The summed E-state index contributed by atoms with van der Waals surface area (Å²) in [5, 5.41) is 19.8. The molecule has 0 aliphatic carbocycles. The van der Waals surface area contributed by atoms with Gasteiger partial charge >= 0.3 is 0 Å². The van der Waals surface area contributed by atoms with Gasteiger partial charge in [0.05, 0.1) is 41.1 Å². The molecule has 0 amide bonds. The first-order valence-corrected chi connectivity index (χ1v) is 8.53. The summed E-state index contributed by atoms with van der Waals surface area (Å²) in [5.74, 6) is 0. The molecule has 0 saturated carbocycles. The van der Waals surface area contributed by atoms with Gasteiger partial charge in [-0.3, -0.25) is 4.68 Å². The van der Waals surface area contributed by atoms with Gasteiger partial charge in [0.15, 0.2) is 5.65 Å². The van der Waals surface area contributed by atoms with Crippen LogP contribution < -0.4 is 0 Å². The summed E-state index contributed by atoms with van der Waals surface area (Å²) in [5.41, 5.74) is 5.58. The number of benzene rings is 1. The Hall–Kier alpha value is -3.52. The fraction of sp³-hybridized carbons (Fsp3) is 0.158. The summed E-state index contributed by atoms with van der Waals surface area (Å²) in [6.45, 7) is 0. The van der Waals surface area contributed by atoms with Crippen molar-refractivity contribution in [2.45, 2.75) is 6.10 Å². The topological polar surface area (TPSA) is 86.1 Å². The first kappa shape index (κ1) is 15.7. The van der Waals surface area contributed by atoms with E-state index in [-0.39, 0.29) is 0 Å². The molecule has 1 unspecified atom stereocenters. The van der Waals surface area contributed by atoms with E-state index in [2.05, 4.69) is 20.2 Å². The van der Waals surface area contributed by atoms with Gasteiger partial charge in [-0.1, -0.05) is 6.07 Å². The van der Waals surface area contributed by atoms with Crippen molar-refractivity contribution in [2.24, 2.45) is 14.1 Å². The molecule has 0 radical (unpaired) electrons. The molecule has 5 rings (SSSR count). The molecule has 0 spiro atoms. The summed E-state index contributed by atoms with van der Waals surface area (Å²) in [4.78, 5) is 8.70. The van der Waals surface area contributed by atoms with Crippen LogP contribution in [0.3, 0.4) is 0 Å². The average Bonchev–Trinajstić information content (AvgIpc) is 3.39. The van der Waals surface area contributed by atoms with E-state index >= 15 is 0 Å². The van der Waals surface area contributed by atoms with Crippen LogP contribution in [0.15, 0.2) is 55.2 Å². The van der Waals surface area contributed by atoms with Crippen LogP contribution in [0.1, 0.15) is 17.4 Å². The van der Waals surface area contributed by atoms with Crippen molar-refractivity contribution in [3.63, 3.8) is 0 Å². The van der Waals surface area contributed by atoms with Gasteiger partial charge in [-0.05, 0) is 29.8 Å². The Morgan fingerprint density at radius 3 is 2.74 bits per heavy atom. The lowest BCUT2D eigenvalue weighted by atomic mass is 10.1. The Kier molecular flexibility index (Phi) is 3.34. The molecule has 0 aliphatic heterocycles. The van der Waals surface area contributed by atoms with E-state index < -0.39 is 6.10 Å². The van der Waals surface area contributed by atoms with Crippen LogP contribution in [0.4, 0.5) is 0 Å². The maximum atomic E-state index is 11.0. The van der Waals surface area contributed by atoms with Crippen molar-refractivity contribution in [3.8, 4) is 11.3 Å². The molecule has 8 heteroatoms. The van der Waals surface area contributed by atoms with Gasteiger partial charge in [0.1, 0.15) is 6.10 Å². The molecule has 1 N–H and O–H groups in total. The van der Waals surface area contributed by atoms with Crippen LogP contribution in [0.5, 0.6) is 0 Å². The number of nitrogens with zero attached hydrogens (tertiary/aromatic N) is 7. The van der Waals surface area contributed by atoms with E-state index in [9.17, 15) is 5.11 Å². The molecular formula is C19H17N7O. The molecule has 1 aromatic carbocycles.